The van der Waals surface area contributed by atoms with Crippen LogP contribution in [0.4, 0.5) is 4.39 Å². The Morgan fingerprint density at radius 1 is 0.960 bits per heavy atom. The van der Waals surface area contributed by atoms with Gasteiger partial charge in [0.05, 0.1) is 11.9 Å². The summed E-state index contributed by atoms with van der Waals surface area (Å²) in [6.07, 6.45) is 1.81. The zero-order valence-electron chi connectivity index (χ0n) is 14.6. The summed E-state index contributed by atoms with van der Waals surface area (Å²) in [6, 6.07) is 15.1. The Kier molecular flexibility index (Phi) is 5.58. The number of hydrogen-bond donors (Lipinski definition) is 2. The van der Waals surface area contributed by atoms with E-state index in [1.165, 1.54) is 23.3 Å². The summed E-state index contributed by atoms with van der Waals surface area (Å²) in [5.74, 6) is -0.236. The van der Waals surface area contributed by atoms with Crippen molar-refractivity contribution in [1.29, 1.82) is 0 Å². The van der Waals surface area contributed by atoms with Gasteiger partial charge in [-0.1, -0.05) is 24.3 Å². The first kappa shape index (κ1) is 17.3. The summed E-state index contributed by atoms with van der Waals surface area (Å²) in [7, 11) is 4.14. The van der Waals surface area contributed by atoms with Gasteiger partial charge in [0, 0.05) is 30.8 Å². The molecule has 0 unspecified atom stereocenters. The van der Waals surface area contributed by atoms with Crippen molar-refractivity contribution < 1.29 is 4.39 Å². The number of aromatic nitrogens is 2. The summed E-state index contributed by atoms with van der Waals surface area (Å²) in [5.41, 5.74) is 5.48. The first-order valence-corrected chi connectivity index (χ1v) is 8.33. The van der Waals surface area contributed by atoms with E-state index in [9.17, 15) is 4.39 Å². The second-order valence-corrected chi connectivity index (χ2v) is 6.43. The summed E-state index contributed by atoms with van der Waals surface area (Å²) in [4.78, 5) is 2.16. The monoisotopic (exact) mass is 338 g/mol. The Morgan fingerprint density at radius 3 is 2.32 bits per heavy atom. The van der Waals surface area contributed by atoms with Crippen molar-refractivity contribution >= 4 is 0 Å². The molecule has 0 aliphatic heterocycles. The lowest BCUT2D eigenvalue weighted by Gasteiger charge is -2.10. The molecule has 0 spiro atoms. The fourth-order valence-electron chi connectivity index (χ4n) is 2.78. The first-order valence-electron chi connectivity index (χ1n) is 8.33. The summed E-state index contributed by atoms with van der Waals surface area (Å²) in [5, 5.41) is 10.6. The number of rotatable bonds is 7. The van der Waals surface area contributed by atoms with Crippen LogP contribution in [0.15, 0.2) is 54.7 Å². The van der Waals surface area contributed by atoms with E-state index in [4.69, 9.17) is 0 Å². The molecule has 5 heteroatoms. The average molecular weight is 338 g/mol. The largest absolute Gasteiger partial charge is 0.308 e. The molecule has 3 aromatic rings. The van der Waals surface area contributed by atoms with E-state index >= 15 is 0 Å². The molecule has 0 atom stereocenters. The number of benzene rings is 2. The van der Waals surface area contributed by atoms with Gasteiger partial charge in [-0.2, -0.15) is 5.10 Å². The maximum Gasteiger partial charge on any atom is 0.123 e. The minimum absolute atomic E-state index is 0.236. The van der Waals surface area contributed by atoms with Crippen molar-refractivity contribution in [3.63, 3.8) is 0 Å². The third kappa shape index (κ3) is 4.75. The van der Waals surface area contributed by atoms with Crippen LogP contribution in [0.2, 0.25) is 0 Å². The van der Waals surface area contributed by atoms with E-state index in [0.717, 1.165) is 29.9 Å². The van der Waals surface area contributed by atoms with Crippen LogP contribution in [-0.2, 0) is 19.6 Å². The van der Waals surface area contributed by atoms with Crippen LogP contribution < -0.4 is 5.32 Å². The molecule has 1 heterocycles. The fraction of sp³-hybridized carbons (Fsp3) is 0.250. The zero-order valence-corrected chi connectivity index (χ0v) is 14.6. The van der Waals surface area contributed by atoms with E-state index in [1.54, 1.807) is 12.1 Å². The lowest BCUT2D eigenvalue weighted by molar-refractivity contribution is 0.402. The molecule has 0 saturated heterocycles. The van der Waals surface area contributed by atoms with E-state index in [2.05, 4.69) is 58.8 Å². The lowest BCUT2D eigenvalue weighted by Crippen LogP contribution is -2.13. The summed E-state index contributed by atoms with van der Waals surface area (Å²) in [6.45, 7) is 2.43. The Bertz CT molecular complexity index is 791. The molecule has 3 rings (SSSR count). The Morgan fingerprint density at radius 2 is 1.64 bits per heavy atom. The molecule has 0 bridgehead atoms. The molecule has 0 aliphatic rings. The van der Waals surface area contributed by atoms with Gasteiger partial charge >= 0.3 is 0 Å². The van der Waals surface area contributed by atoms with Gasteiger partial charge < -0.3 is 10.2 Å². The molecule has 0 amide bonds. The normalized spacial score (nSPS) is 11.2. The average Bonchev–Trinajstić information content (AvgIpc) is 3.05. The first-order chi connectivity index (χ1) is 12.1. The van der Waals surface area contributed by atoms with Gasteiger partial charge in [0.15, 0.2) is 0 Å². The molecule has 4 nitrogen and oxygen atoms in total. The number of nitrogens with zero attached hydrogens (tertiary/aromatic N) is 2. The highest BCUT2D eigenvalue weighted by atomic mass is 19.1. The topological polar surface area (TPSA) is 44.0 Å². The van der Waals surface area contributed by atoms with Crippen LogP contribution >= 0.6 is 0 Å². The molecule has 0 saturated carbocycles. The molecule has 1 aromatic heterocycles. The minimum atomic E-state index is -0.236. The zero-order chi connectivity index (χ0) is 17.6. The van der Waals surface area contributed by atoms with E-state index in [-0.39, 0.29) is 5.82 Å². The molecule has 2 aromatic carbocycles. The molecule has 0 fully saturated rings. The second-order valence-electron chi connectivity index (χ2n) is 6.43. The highest BCUT2D eigenvalue weighted by Gasteiger charge is 2.07. The number of aromatic amines is 1. The molecular weight excluding hydrogens is 315 g/mol. The van der Waals surface area contributed by atoms with Gasteiger partial charge in [0.2, 0.25) is 0 Å². The van der Waals surface area contributed by atoms with Crippen molar-refractivity contribution in [3.05, 3.63) is 77.2 Å². The van der Waals surface area contributed by atoms with Crippen molar-refractivity contribution in [1.82, 2.24) is 20.4 Å². The van der Waals surface area contributed by atoms with Gasteiger partial charge in [-0.15, -0.1) is 0 Å². The maximum atomic E-state index is 13.1. The summed E-state index contributed by atoms with van der Waals surface area (Å²) < 4.78 is 13.1. The molecule has 0 radical (unpaired) electrons. The van der Waals surface area contributed by atoms with Crippen molar-refractivity contribution in [2.45, 2.75) is 19.6 Å². The Labute approximate surface area is 147 Å². The van der Waals surface area contributed by atoms with Crippen molar-refractivity contribution in [2.75, 3.05) is 14.1 Å². The number of nitrogens with one attached hydrogen (secondary N) is 2. The standard InChI is InChI=1S/C20H23FN4/c1-25(2)14-16-5-3-15(4-6-16)11-22-12-18-13-23-24-20(18)17-7-9-19(21)10-8-17/h3-10,13,22H,11-12,14H2,1-2H3,(H,23,24). The lowest BCUT2D eigenvalue weighted by atomic mass is 10.1. The van der Waals surface area contributed by atoms with Gasteiger partial charge in [0.25, 0.3) is 0 Å². The van der Waals surface area contributed by atoms with Gasteiger partial charge in [-0.05, 0) is 49.5 Å². The van der Waals surface area contributed by atoms with Gasteiger partial charge in [-0.3, -0.25) is 5.10 Å². The predicted molar refractivity (Wildman–Crippen MR) is 98.4 cm³/mol. The van der Waals surface area contributed by atoms with Crippen molar-refractivity contribution in [2.24, 2.45) is 0 Å². The second kappa shape index (κ2) is 8.05. The number of halogens is 1. The summed E-state index contributed by atoms with van der Waals surface area (Å²) >= 11 is 0. The van der Waals surface area contributed by atoms with Crippen LogP contribution in [-0.4, -0.2) is 29.2 Å². The van der Waals surface area contributed by atoms with Crippen LogP contribution in [0, 0.1) is 5.82 Å². The quantitative estimate of drug-likeness (QED) is 0.692. The molecule has 130 valence electrons. The van der Waals surface area contributed by atoms with Crippen molar-refractivity contribution in [3.8, 4) is 11.3 Å². The Balaban J connectivity index is 1.58. The number of hydrogen-bond acceptors (Lipinski definition) is 3. The molecule has 2 N–H and O–H groups in total. The van der Waals surface area contributed by atoms with Gasteiger partial charge in [0.1, 0.15) is 5.82 Å². The third-order valence-electron chi connectivity index (χ3n) is 4.02. The maximum absolute atomic E-state index is 13.1. The van der Waals surface area contributed by atoms with Crippen LogP contribution in [0.5, 0.6) is 0 Å². The Hall–Kier alpha value is -2.50. The highest BCUT2D eigenvalue weighted by molar-refractivity contribution is 5.62. The number of H-pyrrole nitrogens is 1. The fourth-order valence-corrected chi connectivity index (χ4v) is 2.78. The van der Waals surface area contributed by atoms with E-state index in [0.29, 0.717) is 6.54 Å². The predicted octanol–water partition coefficient (Wildman–Crippen LogP) is 3.57. The third-order valence-corrected chi connectivity index (χ3v) is 4.02. The van der Waals surface area contributed by atoms with E-state index < -0.39 is 0 Å². The van der Waals surface area contributed by atoms with E-state index in [1.807, 2.05) is 6.20 Å². The van der Waals surface area contributed by atoms with Crippen LogP contribution in [0.25, 0.3) is 11.3 Å². The SMILES string of the molecule is CN(C)Cc1ccc(CNCc2cn[nH]c2-c2ccc(F)cc2)cc1. The highest BCUT2D eigenvalue weighted by Crippen LogP contribution is 2.21. The van der Waals surface area contributed by atoms with Crippen LogP contribution in [0.3, 0.4) is 0 Å². The van der Waals surface area contributed by atoms with Crippen LogP contribution in [0.1, 0.15) is 16.7 Å². The molecule has 25 heavy (non-hydrogen) atoms. The molecular formula is C20H23FN4. The minimum Gasteiger partial charge on any atom is -0.308 e. The molecule has 0 aliphatic carbocycles. The van der Waals surface area contributed by atoms with Gasteiger partial charge in [-0.25, -0.2) is 4.39 Å². The smallest absolute Gasteiger partial charge is 0.123 e.